The van der Waals surface area contributed by atoms with Gasteiger partial charge in [0.25, 0.3) is 0 Å². The molecule has 0 aliphatic carbocycles. The smallest absolute Gasteiger partial charge is 0.121 e. The molecule has 3 nitrogen and oxygen atoms in total. The van der Waals surface area contributed by atoms with Crippen LogP contribution in [0.15, 0.2) is 24.3 Å². The Morgan fingerprint density at radius 2 is 1.95 bits per heavy atom. The van der Waals surface area contributed by atoms with Gasteiger partial charge in [0.1, 0.15) is 5.75 Å². The Hall–Kier alpha value is -1.22. The molecule has 0 radical (unpaired) electrons. The van der Waals surface area contributed by atoms with E-state index in [2.05, 4.69) is 45.1 Å². The molecule has 0 aliphatic heterocycles. The van der Waals surface area contributed by atoms with Gasteiger partial charge in [-0.1, -0.05) is 33.8 Å². The Labute approximate surface area is 117 Å². The maximum absolute atomic E-state index is 5.78. The largest absolute Gasteiger partial charge is 0.493 e. The summed E-state index contributed by atoms with van der Waals surface area (Å²) in [6, 6.07) is 8.13. The third kappa shape index (κ3) is 5.97. The maximum atomic E-state index is 5.78. The number of hydrogen-bond donors (Lipinski definition) is 2. The van der Waals surface area contributed by atoms with E-state index in [9.17, 15) is 0 Å². The molecule has 0 spiro atoms. The van der Waals surface area contributed by atoms with Crippen LogP contribution in [0, 0.1) is 17.8 Å². The first kappa shape index (κ1) is 15.8. The molecule has 3 N–H and O–H groups in total. The summed E-state index contributed by atoms with van der Waals surface area (Å²) in [5.41, 5.74) is 6.88. The minimum atomic E-state index is 0.500. The molecule has 0 fully saturated rings. The van der Waals surface area contributed by atoms with Gasteiger partial charge in [0, 0.05) is 18.3 Å². The summed E-state index contributed by atoms with van der Waals surface area (Å²) in [6.45, 7) is 11.1. The fourth-order valence-corrected chi connectivity index (χ4v) is 1.80. The third-order valence-corrected chi connectivity index (χ3v) is 3.23. The lowest BCUT2D eigenvalue weighted by Gasteiger charge is -2.20. The van der Waals surface area contributed by atoms with E-state index in [4.69, 9.17) is 10.5 Å². The summed E-state index contributed by atoms with van der Waals surface area (Å²) in [4.78, 5) is 0. The Morgan fingerprint density at radius 3 is 2.53 bits per heavy atom. The number of benzene rings is 1. The average Bonchev–Trinajstić information content (AvgIpc) is 2.37. The van der Waals surface area contributed by atoms with Crippen molar-refractivity contribution < 1.29 is 4.74 Å². The molecule has 0 aliphatic rings. The van der Waals surface area contributed by atoms with Crippen molar-refractivity contribution in [2.75, 3.05) is 25.0 Å². The molecular formula is C16H28N2O. The minimum absolute atomic E-state index is 0.500. The summed E-state index contributed by atoms with van der Waals surface area (Å²) in [5.74, 6) is 2.56. The van der Waals surface area contributed by atoms with Crippen molar-refractivity contribution in [1.29, 1.82) is 0 Å². The highest BCUT2D eigenvalue weighted by atomic mass is 16.5. The molecule has 1 aromatic rings. The van der Waals surface area contributed by atoms with Crippen molar-refractivity contribution in [3.63, 3.8) is 0 Å². The summed E-state index contributed by atoms with van der Waals surface area (Å²) in [7, 11) is 0. The zero-order chi connectivity index (χ0) is 14.3. The van der Waals surface area contributed by atoms with Crippen LogP contribution in [0.25, 0.3) is 0 Å². The molecule has 0 heterocycles. The highest BCUT2D eigenvalue weighted by Crippen LogP contribution is 2.19. The van der Waals surface area contributed by atoms with Gasteiger partial charge in [-0.2, -0.15) is 0 Å². The van der Waals surface area contributed by atoms with Gasteiger partial charge in [-0.15, -0.1) is 0 Å². The van der Waals surface area contributed by atoms with Crippen LogP contribution in [-0.2, 0) is 0 Å². The lowest BCUT2D eigenvalue weighted by atomic mass is 9.96. The molecule has 0 bridgehead atoms. The topological polar surface area (TPSA) is 47.3 Å². The summed E-state index contributed by atoms with van der Waals surface area (Å²) in [5, 5.41) is 3.45. The van der Waals surface area contributed by atoms with Gasteiger partial charge in [-0.3, -0.25) is 0 Å². The van der Waals surface area contributed by atoms with E-state index in [1.54, 1.807) is 0 Å². The monoisotopic (exact) mass is 264 g/mol. The fourth-order valence-electron chi connectivity index (χ4n) is 1.80. The van der Waals surface area contributed by atoms with Crippen LogP contribution in [0.4, 0.5) is 5.69 Å². The zero-order valence-corrected chi connectivity index (χ0v) is 12.6. The van der Waals surface area contributed by atoms with Crippen LogP contribution in [0.3, 0.4) is 0 Å². The second-order valence-electron chi connectivity index (χ2n) is 5.85. The SMILES string of the molecule is CC(C)COc1cccc(NCC(CN)C(C)C)c1. The van der Waals surface area contributed by atoms with E-state index in [0.717, 1.165) is 24.6 Å². The maximum Gasteiger partial charge on any atom is 0.121 e. The number of anilines is 1. The second-order valence-corrected chi connectivity index (χ2v) is 5.85. The summed E-state index contributed by atoms with van der Waals surface area (Å²) in [6.07, 6.45) is 0. The Balaban J connectivity index is 2.52. The number of nitrogens with two attached hydrogens (primary N) is 1. The van der Waals surface area contributed by atoms with Crippen LogP contribution in [0.5, 0.6) is 5.75 Å². The molecule has 1 rings (SSSR count). The number of nitrogens with one attached hydrogen (secondary N) is 1. The van der Waals surface area contributed by atoms with Crippen molar-refractivity contribution in [2.45, 2.75) is 27.7 Å². The van der Waals surface area contributed by atoms with Crippen LogP contribution < -0.4 is 15.8 Å². The molecule has 0 aromatic heterocycles. The lowest BCUT2D eigenvalue weighted by molar-refractivity contribution is 0.271. The first-order valence-electron chi connectivity index (χ1n) is 7.19. The zero-order valence-electron chi connectivity index (χ0n) is 12.6. The van der Waals surface area contributed by atoms with Crippen LogP contribution in [0.1, 0.15) is 27.7 Å². The van der Waals surface area contributed by atoms with Gasteiger partial charge in [0.2, 0.25) is 0 Å². The van der Waals surface area contributed by atoms with Crippen molar-refractivity contribution in [2.24, 2.45) is 23.5 Å². The lowest BCUT2D eigenvalue weighted by Crippen LogP contribution is -2.27. The molecule has 19 heavy (non-hydrogen) atoms. The summed E-state index contributed by atoms with van der Waals surface area (Å²) >= 11 is 0. The standard InChI is InChI=1S/C16H28N2O/c1-12(2)11-19-16-7-5-6-15(8-16)18-10-14(9-17)13(3)4/h5-8,12-14,18H,9-11,17H2,1-4H3. The van der Waals surface area contributed by atoms with Crippen molar-refractivity contribution in [1.82, 2.24) is 0 Å². The predicted octanol–water partition coefficient (Wildman–Crippen LogP) is 3.36. The van der Waals surface area contributed by atoms with Crippen LogP contribution in [-0.4, -0.2) is 19.7 Å². The van der Waals surface area contributed by atoms with Gasteiger partial charge >= 0.3 is 0 Å². The van der Waals surface area contributed by atoms with Gasteiger partial charge in [-0.25, -0.2) is 0 Å². The minimum Gasteiger partial charge on any atom is -0.493 e. The normalized spacial score (nSPS) is 12.8. The van der Waals surface area contributed by atoms with E-state index in [1.165, 1.54) is 0 Å². The first-order valence-corrected chi connectivity index (χ1v) is 7.19. The molecule has 1 atom stereocenters. The van der Waals surface area contributed by atoms with E-state index >= 15 is 0 Å². The Kier molecular flexibility index (Phi) is 6.71. The second kappa shape index (κ2) is 8.05. The highest BCUT2D eigenvalue weighted by Gasteiger charge is 2.10. The number of ether oxygens (including phenoxy) is 1. The Morgan fingerprint density at radius 1 is 1.21 bits per heavy atom. The Bertz CT molecular complexity index is 364. The van der Waals surface area contributed by atoms with Crippen LogP contribution >= 0.6 is 0 Å². The fraction of sp³-hybridized carbons (Fsp3) is 0.625. The highest BCUT2D eigenvalue weighted by molar-refractivity contribution is 5.48. The van der Waals surface area contributed by atoms with Gasteiger partial charge < -0.3 is 15.8 Å². The van der Waals surface area contributed by atoms with Crippen LogP contribution in [0.2, 0.25) is 0 Å². The van der Waals surface area contributed by atoms with Crippen molar-refractivity contribution in [3.05, 3.63) is 24.3 Å². The quantitative estimate of drug-likeness (QED) is 0.757. The van der Waals surface area contributed by atoms with Crippen molar-refractivity contribution in [3.8, 4) is 5.75 Å². The number of rotatable bonds is 8. The van der Waals surface area contributed by atoms with E-state index < -0.39 is 0 Å². The molecule has 0 saturated heterocycles. The third-order valence-electron chi connectivity index (χ3n) is 3.23. The first-order chi connectivity index (χ1) is 9.02. The van der Waals surface area contributed by atoms with Gasteiger partial charge in [0.15, 0.2) is 0 Å². The molecule has 0 saturated carbocycles. The average molecular weight is 264 g/mol. The number of hydrogen-bond acceptors (Lipinski definition) is 3. The molecule has 3 heteroatoms. The molecule has 1 aromatic carbocycles. The predicted molar refractivity (Wildman–Crippen MR) is 82.6 cm³/mol. The van der Waals surface area contributed by atoms with E-state index in [-0.39, 0.29) is 0 Å². The molecule has 1 unspecified atom stereocenters. The summed E-state index contributed by atoms with van der Waals surface area (Å²) < 4.78 is 5.72. The van der Waals surface area contributed by atoms with E-state index in [0.29, 0.717) is 24.3 Å². The molecular weight excluding hydrogens is 236 g/mol. The van der Waals surface area contributed by atoms with E-state index in [1.807, 2.05) is 12.1 Å². The van der Waals surface area contributed by atoms with Gasteiger partial charge in [0.05, 0.1) is 6.61 Å². The molecule has 0 amide bonds. The molecule has 108 valence electrons. The van der Waals surface area contributed by atoms with Crippen molar-refractivity contribution >= 4 is 5.69 Å². The van der Waals surface area contributed by atoms with Gasteiger partial charge in [-0.05, 0) is 36.4 Å².